The van der Waals surface area contributed by atoms with Gasteiger partial charge in [-0.3, -0.25) is 4.79 Å². The first-order chi connectivity index (χ1) is 4.63. The predicted octanol–water partition coefficient (Wildman–Crippen LogP) is 0.205. The molecule has 1 aromatic heterocycles. The van der Waals surface area contributed by atoms with Crippen molar-refractivity contribution in [2.24, 2.45) is 7.05 Å². The number of imidazole rings is 1. The van der Waals surface area contributed by atoms with Crippen molar-refractivity contribution in [2.75, 3.05) is 5.73 Å². The second-order valence-electron chi connectivity index (χ2n) is 2.15. The number of hydrogen-bond donors (Lipinski definition) is 1. The summed E-state index contributed by atoms with van der Waals surface area (Å²) < 4.78 is 1.61. The maximum atomic E-state index is 10.8. The summed E-state index contributed by atoms with van der Waals surface area (Å²) in [5.41, 5.74) is 5.86. The molecule has 0 radical (unpaired) electrons. The molecule has 0 atom stereocenters. The number of rotatable bonds is 1. The summed E-state index contributed by atoms with van der Waals surface area (Å²) in [6, 6.07) is 0. The highest BCUT2D eigenvalue weighted by Gasteiger charge is 2.08. The number of aryl methyl sites for hydroxylation is 1. The lowest BCUT2D eigenvalue weighted by atomic mass is 10.3. The highest BCUT2D eigenvalue weighted by molar-refractivity contribution is 5.96. The number of carbonyl (C=O) groups excluding carboxylic acids is 1. The van der Waals surface area contributed by atoms with Crippen LogP contribution in [0.15, 0.2) is 6.33 Å². The molecule has 2 N–H and O–H groups in total. The van der Waals surface area contributed by atoms with Gasteiger partial charge in [0.2, 0.25) is 0 Å². The van der Waals surface area contributed by atoms with Gasteiger partial charge in [0.1, 0.15) is 5.69 Å². The number of nitrogen functional groups attached to an aromatic ring is 1. The van der Waals surface area contributed by atoms with Gasteiger partial charge < -0.3 is 10.3 Å². The van der Waals surface area contributed by atoms with Crippen LogP contribution in [0.2, 0.25) is 0 Å². The molecule has 0 fully saturated rings. The minimum atomic E-state index is -0.0579. The average molecular weight is 139 g/mol. The molecule has 0 saturated heterocycles. The number of nitrogens with two attached hydrogens (primary N) is 1. The van der Waals surface area contributed by atoms with Gasteiger partial charge in [-0.1, -0.05) is 0 Å². The van der Waals surface area contributed by atoms with Gasteiger partial charge in [-0.25, -0.2) is 4.98 Å². The zero-order valence-electron chi connectivity index (χ0n) is 5.96. The third-order valence-electron chi connectivity index (χ3n) is 1.30. The van der Waals surface area contributed by atoms with E-state index in [0.29, 0.717) is 11.5 Å². The molecular weight excluding hydrogens is 130 g/mol. The molecule has 4 nitrogen and oxygen atoms in total. The summed E-state index contributed by atoms with van der Waals surface area (Å²) in [7, 11) is 1.74. The van der Waals surface area contributed by atoms with Crippen LogP contribution in [0, 0.1) is 0 Å². The molecule has 1 aromatic rings. The predicted molar refractivity (Wildman–Crippen MR) is 37.6 cm³/mol. The third kappa shape index (κ3) is 0.877. The van der Waals surface area contributed by atoms with Crippen LogP contribution in [-0.4, -0.2) is 15.3 Å². The Labute approximate surface area is 58.7 Å². The first-order valence-corrected chi connectivity index (χ1v) is 2.90. The molecule has 0 bridgehead atoms. The summed E-state index contributed by atoms with van der Waals surface area (Å²) in [5, 5.41) is 0. The van der Waals surface area contributed by atoms with Crippen LogP contribution in [0.4, 0.5) is 5.82 Å². The van der Waals surface area contributed by atoms with Crippen molar-refractivity contribution in [3.63, 3.8) is 0 Å². The van der Waals surface area contributed by atoms with Gasteiger partial charge in [0, 0.05) is 14.0 Å². The van der Waals surface area contributed by atoms with Crippen LogP contribution >= 0.6 is 0 Å². The molecule has 0 spiro atoms. The number of nitrogens with zero attached hydrogens (tertiary/aromatic N) is 2. The van der Waals surface area contributed by atoms with Crippen molar-refractivity contribution in [3.05, 3.63) is 12.0 Å². The molecule has 4 heteroatoms. The molecule has 0 aliphatic carbocycles. The Morgan fingerprint density at radius 2 is 2.40 bits per heavy atom. The van der Waals surface area contributed by atoms with Crippen LogP contribution in [0.1, 0.15) is 17.4 Å². The SMILES string of the molecule is CC(=O)c1c(N)ncn1C. The minimum Gasteiger partial charge on any atom is -0.382 e. The van der Waals surface area contributed by atoms with Gasteiger partial charge in [0.05, 0.1) is 6.33 Å². The van der Waals surface area contributed by atoms with Crippen LogP contribution in [-0.2, 0) is 7.05 Å². The van der Waals surface area contributed by atoms with E-state index in [0.717, 1.165) is 0 Å². The molecular formula is C6H9N3O. The summed E-state index contributed by atoms with van der Waals surface area (Å²) in [6.07, 6.45) is 1.52. The lowest BCUT2D eigenvalue weighted by Crippen LogP contribution is -2.03. The zero-order chi connectivity index (χ0) is 7.72. The lowest BCUT2D eigenvalue weighted by molar-refractivity contribution is 0.101. The van der Waals surface area contributed by atoms with Crippen molar-refractivity contribution in [2.45, 2.75) is 6.92 Å². The maximum Gasteiger partial charge on any atom is 0.179 e. The number of anilines is 1. The Bertz CT molecular complexity index is 244. The Kier molecular flexibility index (Phi) is 1.45. The van der Waals surface area contributed by atoms with Crippen LogP contribution in [0.3, 0.4) is 0 Å². The van der Waals surface area contributed by atoms with Gasteiger partial charge in [-0.15, -0.1) is 0 Å². The van der Waals surface area contributed by atoms with Gasteiger partial charge in [-0.2, -0.15) is 0 Å². The van der Waals surface area contributed by atoms with E-state index in [9.17, 15) is 4.79 Å². The molecule has 1 rings (SSSR count). The van der Waals surface area contributed by atoms with Gasteiger partial charge in [0.25, 0.3) is 0 Å². The van der Waals surface area contributed by atoms with E-state index in [2.05, 4.69) is 4.98 Å². The number of Topliss-reactive ketones (excluding diaryl/α,β-unsaturated/α-hetero) is 1. The molecule has 0 aromatic carbocycles. The standard InChI is InChI=1S/C6H9N3O/c1-4(10)5-6(7)8-3-9(5)2/h3H,7H2,1-2H3. The van der Waals surface area contributed by atoms with Gasteiger partial charge in [0.15, 0.2) is 11.6 Å². The summed E-state index contributed by atoms with van der Waals surface area (Å²) in [6.45, 7) is 1.47. The number of ketones is 1. The normalized spacial score (nSPS) is 9.80. The van der Waals surface area contributed by atoms with Gasteiger partial charge in [-0.05, 0) is 0 Å². The molecule has 0 aliphatic rings. The van der Waals surface area contributed by atoms with E-state index in [1.807, 2.05) is 0 Å². The largest absolute Gasteiger partial charge is 0.382 e. The van der Waals surface area contributed by atoms with Crippen molar-refractivity contribution in [1.82, 2.24) is 9.55 Å². The number of carbonyl (C=O) groups is 1. The molecule has 0 amide bonds. The summed E-state index contributed by atoms with van der Waals surface area (Å²) >= 11 is 0. The number of hydrogen-bond acceptors (Lipinski definition) is 3. The fourth-order valence-corrected chi connectivity index (χ4v) is 0.877. The second kappa shape index (κ2) is 2.13. The maximum absolute atomic E-state index is 10.8. The van der Waals surface area contributed by atoms with Crippen molar-refractivity contribution in [1.29, 1.82) is 0 Å². The molecule has 0 aliphatic heterocycles. The quantitative estimate of drug-likeness (QED) is 0.565. The fraction of sp³-hybridized carbons (Fsp3) is 0.333. The van der Waals surface area contributed by atoms with E-state index in [-0.39, 0.29) is 5.78 Å². The Hall–Kier alpha value is -1.32. The Balaban J connectivity index is 3.23. The molecule has 54 valence electrons. The second-order valence-corrected chi connectivity index (χ2v) is 2.15. The molecule has 10 heavy (non-hydrogen) atoms. The monoisotopic (exact) mass is 139 g/mol. The van der Waals surface area contributed by atoms with E-state index < -0.39 is 0 Å². The summed E-state index contributed by atoms with van der Waals surface area (Å²) in [4.78, 5) is 14.6. The van der Waals surface area contributed by atoms with Crippen LogP contribution in [0.25, 0.3) is 0 Å². The van der Waals surface area contributed by atoms with Crippen molar-refractivity contribution in [3.8, 4) is 0 Å². The molecule has 1 heterocycles. The van der Waals surface area contributed by atoms with Gasteiger partial charge >= 0.3 is 0 Å². The van der Waals surface area contributed by atoms with Crippen LogP contribution < -0.4 is 5.73 Å². The first kappa shape index (κ1) is 6.80. The zero-order valence-corrected chi connectivity index (χ0v) is 5.96. The van der Waals surface area contributed by atoms with Crippen molar-refractivity contribution >= 4 is 11.6 Å². The highest BCUT2D eigenvalue weighted by atomic mass is 16.1. The lowest BCUT2D eigenvalue weighted by Gasteiger charge is -1.95. The minimum absolute atomic E-state index is 0.0579. The topological polar surface area (TPSA) is 60.9 Å². The van der Waals surface area contributed by atoms with E-state index >= 15 is 0 Å². The smallest absolute Gasteiger partial charge is 0.179 e. The highest BCUT2D eigenvalue weighted by Crippen LogP contribution is 2.07. The third-order valence-corrected chi connectivity index (χ3v) is 1.30. The first-order valence-electron chi connectivity index (χ1n) is 2.90. The summed E-state index contributed by atoms with van der Waals surface area (Å²) in [5.74, 6) is 0.243. The van der Waals surface area contributed by atoms with E-state index in [4.69, 9.17) is 5.73 Å². The van der Waals surface area contributed by atoms with Crippen LogP contribution in [0.5, 0.6) is 0 Å². The Morgan fingerprint density at radius 3 is 2.60 bits per heavy atom. The molecule has 0 saturated carbocycles. The fourth-order valence-electron chi connectivity index (χ4n) is 0.877. The van der Waals surface area contributed by atoms with Crippen molar-refractivity contribution < 1.29 is 4.79 Å². The average Bonchev–Trinajstić information content (AvgIpc) is 2.11. The van der Waals surface area contributed by atoms with E-state index in [1.54, 1.807) is 11.6 Å². The van der Waals surface area contributed by atoms with E-state index in [1.165, 1.54) is 13.3 Å². The Morgan fingerprint density at radius 1 is 1.80 bits per heavy atom. The number of aromatic nitrogens is 2. The molecule has 0 unspecified atom stereocenters.